The van der Waals surface area contributed by atoms with Gasteiger partial charge in [0.2, 0.25) is 0 Å². The molecule has 1 aliphatic rings. The first-order valence-electron chi connectivity index (χ1n) is 7.73. The van der Waals surface area contributed by atoms with Crippen molar-refractivity contribution in [3.63, 3.8) is 0 Å². The Kier molecular flexibility index (Phi) is 3.88. The zero-order valence-electron chi connectivity index (χ0n) is 13.0. The second kappa shape index (κ2) is 6.08. The van der Waals surface area contributed by atoms with Crippen LogP contribution in [0, 0.1) is 0 Å². The number of hydrogen-bond donors (Lipinski definition) is 1. The molecule has 126 valence electrons. The lowest BCUT2D eigenvalue weighted by Crippen LogP contribution is -2.07. The van der Waals surface area contributed by atoms with E-state index < -0.39 is 22.6 Å². The van der Waals surface area contributed by atoms with E-state index in [-0.39, 0.29) is 5.52 Å². The van der Waals surface area contributed by atoms with Crippen LogP contribution in [0.5, 0.6) is 0 Å². The van der Waals surface area contributed by atoms with Crippen LogP contribution in [0.1, 0.15) is 5.56 Å². The molecule has 0 unspecified atom stereocenters. The van der Waals surface area contributed by atoms with Gasteiger partial charge in [0, 0.05) is 22.0 Å². The highest BCUT2D eigenvalue weighted by molar-refractivity contribution is 8.22. The zero-order valence-corrected chi connectivity index (χ0v) is 13.9. The topological polar surface area (TPSA) is 12.9 Å². The maximum Gasteiger partial charge on any atom is 0.418 e. The third-order valence-electron chi connectivity index (χ3n) is 4.13. The number of fused-ring (bicyclic) bond motifs is 1. The average Bonchev–Trinajstić information content (AvgIpc) is 3.14. The molecule has 25 heavy (non-hydrogen) atoms. The van der Waals surface area contributed by atoms with Crippen molar-refractivity contribution in [2.75, 3.05) is 0 Å². The number of para-hydroxylation sites is 1. The molecule has 5 heteroatoms. The van der Waals surface area contributed by atoms with Crippen molar-refractivity contribution in [2.45, 2.75) is 11.1 Å². The number of aromatic nitrogens is 1. The summed E-state index contributed by atoms with van der Waals surface area (Å²) in [6, 6.07) is 13.8. The summed E-state index contributed by atoms with van der Waals surface area (Å²) in [5.74, 6) is 0. The first-order valence-corrected chi connectivity index (χ1v) is 9.21. The number of nitrogens with zero attached hydrogens (tertiary/aromatic N) is 1. The van der Waals surface area contributed by atoms with Crippen LogP contribution in [0.25, 0.3) is 22.0 Å². The number of rotatable bonds is 2. The Morgan fingerprint density at radius 2 is 1.56 bits per heavy atom. The lowest BCUT2D eigenvalue weighted by molar-refractivity contribution is -0.136. The highest BCUT2D eigenvalue weighted by Crippen LogP contribution is 2.49. The third kappa shape index (κ3) is 2.85. The largest absolute Gasteiger partial charge is 0.418 e. The Bertz CT molecular complexity index is 979. The molecule has 1 nitrogen and oxygen atoms in total. The number of thiol groups is 1. The van der Waals surface area contributed by atoms with Crippen LogP contribution in [-0.4, -0.2) is 4.98 Å². The fourth-order valence-corrected chi connectivity index (χ4v) is 4.73. The molecule has 0 atom stereocenters. The molecule has 0 N–H and O–H groups in total. The quantitative estimate of drug-likeness (QED) is 0.529. The van der Waals surface area contributed by atoms with Crippen molar-refractivity contribution in [3.8, 4) is 11.1 Å². The van der Waals surface area contributed by atoms with Gasteiger partial charge in [-0.15, -0.1) is 0 Å². The number of alkyl halides is 3. The van der Waals surface area contributed by atoms with E-state index in [4.69, 9.17) is 0 Å². The minimum atomic E-state index is -4.43. The fourth-order valence-electron chi connectivity index (χ4n) is 3.04. The predicted octanol–water partition coefficient (Wildman–Crippen LogP) is 6.32. The Morgan fingerprint density at radius 3 is 2.24 bits per heavy atom. The molecule has 3 aromatic rings. The van der Waals surface area contributed by atoms with Crippen molar-refractivity contribution in [1.82, 2.24) is 4.98 Å². The van der Waals surface area contributed by atoms with E-state index in [1.807, 2.05) is 42.5 Å². The second-order valence-corrected chi connectivity index (χ2v) is 7.57. The Hall–Kier alpha value is -2.53. The van der Waals surface area contributed by atoms with Gasteiger partial charge in [-0.25, -0.2) is 0 Å². The van der Waals surface area contributed by atoms with E-state index in [1.54, 1.807) is 12.3 Å². The molecule has 4 rings (SSSR count). The van der Waals surface area contributed by atoms with E-state index in [2.05, 4.69) is 15.8 Å². The van der Waals surface area contributed by atoms with Crippen LogP contribution >= 0.6 is 10.9 Å². The van der Waals surface area contributed by atoms with Gasteiger partial charge in [0.05, 0.1) is 11.1 Å². The highest BCUT2D eigenvalue weighted by atomic mass is 32.2. The number of hydrogen-bond acceptors (Lipinski definition) is 1. The molecule has 0 spiro atoms. The minimum absolute atomic E-state index is 0.000223. The number of allylic oxidation sites excluding steroid dienone is 2. The standard InChI is InChI=1S/C20H14F3NS/c21-20(22,23)16-10-6-9-15-18(14-7-2-1-3-8-14)17(13-24-19(15)16)25-11-4-5-12-25/h1-13,25H. The molecule has 1 aromatic heterocycles. The Balaban J connectivity index is 2.07. The maximum absolute atomic E-state index is 13.4. The lowest BCUT2D eigenvalue weighted by atomic mass is 9.99. The molecule has 0 saturated carbocycles. The van der Waals surface area contributed by atoms with Crippen LogP contribution in [0.4, 0.5) is 13.2 Å². The van der Waals surface area contributed by atoms with E-state index in [0.29, 0.717) is 5.39 Å². The van der Waals surface area contributed by atoms with E-state index in [1.165, 1.54) is 6.07 Å². The molecular weight excluding hydrogens is 343 g/mol. The normalized spacial score (nSPS) is 15.2. The van der Waals surface area contributed by atoms with Crippen molar-refractivity contribution in [3.05, 3.63) is 83.3 Å². The monoisotopic (exact) mass is 357 g/mol. The molecule has 0 aliphatic carbocycles. The van der Waals surface area contributed by atoms with Crippen LogP contribution in [-0.2, 0) is 6.18 Å². The molecule has 0 bridgehead atoms. The fraction of sp³-hybridized carbons (Fsp3) is 0.0500. The van der Waals surface area contributed by atoms with Crippen LogP contribution < -0.4 is 0 Å². The van der Waals surface area contributed by atoms with Crippen LogP contribution in [0.2, 0.25) is 0 Å². The number of halogens is 3. The lowest BCUT2D eigenvalue weighted by Gasteiger charge is -2.19. The summed E-state index contributed by atoms with van der Waals surface area (Å²) in [7, 11) is -0.700. The second-order valence-electron chi connectivity index (χ2n) is 5.67. The van der Waals surface area contributed by atoms with E-state index >= 15 is 0 Å². The van der Waals surface area contributed by atoms with Crippen molar-refractivity contribution >= 4 is 21.8 Å². The van der Waals surface area contributed by atoms with Crippen LogP contribution in [0.15, 0.2) is 82.6 Å². The van der Waals surface area contributed by atoms with Gasteiger partial charge in [0.25, 0.3) is 0 Å². The number of pyridine rings is 1. The summed E-state index contributed by atoms with van der Waals surface area (Å²) < 4.78 is 40.2. The highest BCUT2D eigenvalue weighted by Gasteiger charge is 2.33. The number of benzene rings is 2. The third-order valence-corrected chi connectivity index (χ3v) is 6.01. The van der Waals surface area contributed by atoms with E-state index in [0.717, 1.165) is 22.1 Å². The van der Waals surface area contributed by atoms with Gasteiger partial charge < -0.3 is 0 Å². The maximum atomic E-state index is 13.4. The molecule has 2 heterocycles. The molecule has 1 aliphatic heterocycles. The van der Waals surface area contributed by atoms with Gasteiger partial charge in [0.1, 0.15) is 0 Å². The van der Waals surface area contributed by atoms with Gasteiger partial charge in [0.15, 0.2) is 0 Å². The first kappa shape index (κ1) is 16.0. The predicted molar refractivity (Wildman–Crippen MR) is 97.7 cm³/mol. The summed E-state index contributed by atoms with van der Waals surface area (Å²) in [5.41, 5.74) is 1.04. The summed E-state index contributed by atoms with van der Waals surface area (Å²) >= 11 is 0. The van der Waals surface area contributed by atoms with Gasteiger partial charge in [-0.05, 0) is 22.4 Å². The van der Waals surface area contributed by atoms with Gasteiger partial charge >= 0.3 is 6.18 Å². The molecular formula is C20H14F3NS. The summed E-state index contributed by atoms with van der Waals surface area (Å²) in [6.07, 6.45) is 1.11. The SMILES string of the molecule is FC(F)(F)c1cccc2c(-c3ccccc3)c([SH]3C=CC=C3)cnc12. The molecule has 0 amide bonds. The molecule has 0 fully saturated rings. The van der Waals surface area contributed by atoms with Gasteiger partial charge in [-0.2, -0.15) is 24.1 Å². The summed E-state index contributed by atoms with van der Waals surface area (Å²) in [5, 5.41) is 4.70. The first-order chi connectivity index (χ1) is 12.1. The van der Waals surface area contributed by atoms with Gasteiger partial charge in [-0.3, -0.25) is 4.98 Å². The van der Waals surface area contributed by atoms with Crippen molar-refractivity contribution in [2.24, 2.45) is 0 Å². The van der Waals surface area contributed by atoms with Crippen LogP contribution in [0.3, 0.4) is 0 Å². The molecule has 2 aromatic carbocycles. The van der Waals surface area contributed by atoms with E-state index in [9.17, 15) is 13.2 Å². The van der Waals surface area contributed by atoms with Crippen molar-refractivity contribution in [1.29, 1.82) is 0 Å². The Labute approximate surface area is 145 Å². The van der Waals surface area contributed by atoms with Gasteiger partial charge in [-0.1, -0.05) is 54.6 Å². The summed E-state index contributed by atoms with van der Waals surface area (Å²) in [4.78, 5) is 5.18. The smallest absolute Gasteiger partial charge is 0.254 e. The zero-order chi connectivity index (χ0) is 17.4. The molecule has 0 saturated heterocycles. The Morgan fingerprint density at radius 1 is 0.840 bits per heavy atom. The molecule has 0 radical (unpaired) electrons. The summed E-state index contributed by atoms with van der Waals surface area (Å²) in [6.45, 7) is 0. The minimum Gasteiger partial charge on any atom is -0.254 e. The van der Waals surface area contributed by atoms with Crippen molar-refractivity contribution < 1.29 is 13.2 Å². The average molecular weight is 357 g/mol.